The first-order valence-corrected chi connectivity index (χ1v) is 7.04. The number of piperidine rings is 1. The largest absolute Gasteiger partial charge is 0.338 e. The van der Waals surface area contributed by atoms with Gasteiger partial charge in [-0.2, -0.15) is 0 Å². The van der Waals surface area contributed by atoms with Crippen molar-refractivity contribution >= 4 is 5.91 Å². The van der Waals surface area contributed by atoms with E-state index in [0.717, 1.165) is 31.8 Å². The molecule has 1 saturated heterocycles. The first-order chi connectivity index (χ1) is 8.02. The third kappa shape index (κ3) is 4.66. The molecule has 17 heavy (non-hydrogen) atoms. The molecular weight excluding hydrogens is 212 g/mol. The Kier molecular flexibility index (Phi) is 5.96. The minimum atomic E-state index is 0.315. The Hall–Kier alpha value is -0.570. The predicted molar refractivity (Wildman–Crippen MR) is 71.9 cm³/mol. The fraction of sp³-hybridized carbons (Fsp3) is 0.929. The molecule has 3 heteroatoms. The maximum absolute atomic E-state index is 12.2. The molecule has 0 saturated carbocycles. The van der Waals surface area contributed by atoms with Gasteiger partial charge in [0.05, 0.1) is 0 Å². The zero-order valence-corrected chi connectivity index (χ0v) is 11.8. The number of rotatable bonds is 5. The number of amides is 1. The molecular formula is C14H28N2O. The molecule has 1 aliphatic heterocycles. The Balaban J connectivity index is 2.36. The fourth-order valence-corrected chi connectivity index (χ4v) is 2.80. The lowest BCUT2D eigenvalue weighted by Crippen LogP contribution is -2.42. The summed E-state index contributed by atoms with van der Waals surface area (Å²) >= 11 is 0. The summed E-state index contributed by atoms with van der Waals surface area (Å²) in [6.07, 6.45) is 4.25. The van der Waals surface area contributed by atoms with Crippen molar-refractivity contribution in [3.63, 3.8) is 0 Å². The third-order valence-electron chi connectivity index (χ3n) is 3.63. The Morgan fingerprint density at radius 2 is 1.71 bits per heavy atom. The number of carbonyl (C=O) groups is 1. The van der Waals surface area contributed by atoms with Crippen LogP contribution in [0.2, 0.25) is 0 Å². The molecule has 0 aromatic rings. The number of nitrogens with zero attached hydrogens (tertiary/aromatic N) is 1. The molecule has 0 spiro atoms. The Morgan fingerprint density at radius 3 is 2.18 bits per heavy atom. The van der Waals surface area contributed by atoms with Gasteiger partial charge in [-0.25, -0.2) is 0 Å². The van der Waals surface area contributed by atoms with E-state index in [0.29, 0.717) is 18.0 Å². The molecule has 0 aromatic heterocycles. The monoisotopic (exact) mass is 240 g/mol. The highest BCUT2D eigenvalue weighted by Crippen LogP contribution is 2.19. The first kappa shape index (κ1) is 14.5. The van der Waals surface area contributed by atoms with Crippen LogP contribution in [0.25, 0.3) is 0 Å². The zero-order chi connectivity index (χ0) is 12.8. The van der Waals surface area contributed by atoms with Crippen molar-refractivity contribution in [2.24, 2.45) is 5.92 Å². The van der Waals surface area contributed by atoms with Crippen molar-refractivity contribution in [1.29, 1.82) is 0 Å². The van der Waals surface area contributed by atoms with Crippen LogP contribution in [0.4, 0.5) is 0 Å². The van der Waals surface area contributed by atoms with Crippen molar-refractivity contribution in [1.82, 2.24) is 10.2 Å². The fourth-order valence-electron chi connectivity index (χ4n) is 2.80. The summed E-state index contributed by atoms with van der Waals surface area (Å²) in [4.78, 5) is 14.2. The number of hydrogen-bond donors (Lipinski definition) is 1. The molecule has 0 radical (unpaired) electrons. The van der Waals surface area contributed by atoms with E-state index in [1.165, 1.54) is 12.8 Å². The van der Waals surface area contributed by atoms with Crippen molar-refractivity contribution < 1.29 is 4.79 Å². The second-order valence-corrected chi connectivity index (χ2v) is 5.72. The summed E-state index contributed by atoms with van der Waals surface area (Å²) in [5.74, 6) is 1.08. The highest BCUT2D eigenvalue weighted by Gasteiger charge is 2.21. The lowest BCUT2D eigenvalue weighted by molar-refractivity contribution is -0.135. The molecule has 0 atom stereocenters. The standard InChI is InChI=1S/C14H28N2O/c1-11(2)16(12(3)4)14(17)6-5-13-7-9-15-10-8-13/h11-13,15H,5-10H2,1-4H3. The predicted octanol–water partition coefficient (Wildman–Crippen LogP) is 2.41. The van der Waals surface area contributed by atoms with E-state index < -0.39 is 0 Å². The number of hydrogen-bond acceptors (Lipinski definition) is 2. The molecule has 1 N–H and O–H groups in total. The summed E-state index contributed by atoms with van der Waals surface area (Å²) in [5.41, 5.74) is 0. The highest BCUT2D eigenvalue weighted by atomic mass is 16.2. The highest BCUT2D eigenvalue weighted by molar-refractivity contribution is 5.76. The van der Waals surface area contributed by atoms with E-state index in [-0.39, 0.29) is 0 Å². The first-order valence-electron chi connectivity index (χ1n) is 7.04. The lowest BCUT2D eigenvalue weighted by Gasteiger charge is -2.31. The van der Waals surface area contributed by atoms with E-state index in [9.17, 15) is 4.79 Å². The smallest absolute Gasteiger partial charge is 0.223 e. The van der Waals surface area contributed by atoms with Crippen LogP contribution in [-0.2, 0) is 4.79 Å². The van der Waals surface area contributed by atoms with Crippen LogP contribution in [0.3, 0.4) is 0 Å². The van der Waals surface area contributed by atoms with E-state index in [1.54, 1.807) is 0 Å². The van der Waals surface area contributed by atoms with Gasteiger partial charge in [0.2, 0.25) is 5.91 Å². The number of carbonyl (C=O) groups excluding carboxylic acids is 1. The van der Waals surface area contributed by atoms with E-state index in [4.69, 9.17) is 0 Å². The molecule has 0 aliphatic carbocycles. The van der Waals surface area contributed by atoms with Crippen LogP contribution in [0, 0.1) is 5.92 Å². The Bertz CT molecular complexity index is 224. The molecule has 1 aliphatic rings. The third-order valence-corrected chi connectivity index (χ3v) is 3.63. The maximum atomic E-state index is 12.2. The van der Waals surface area contributed by atoms with E-state index in [1.807, 2.05) is 4.90 Å². The van der Waals surface area contributed by atoms with Crippen molar-refractivity contribution in [2.75, 3.05) is 13.1 Å². The van der Waals surface area contributed by atoms with E-state index in [2.05, 4.69) is 33.0 Å². The minimum absolute atomic E-state index is 0.315. The van der Waals surface area contributed by atoms with Gasteiger partial charge in [0.15, 0.2) is 0 Å². The summed E-state index contributed by atoms with van der Waals surface area (Å²) in [7, 11) is 0. The van der Waals surface area contributed by atoms with Crippen LogP contribution in [-0.4, -0.2) is 36.0 Å². The average molecular weight is 240 g/mol. The summed E-state index contributed by atoms with van der Waals surface area (Å²) in [6.45, 7) is 10.6. The van der Waals surface area contributed by atoms with Crippen LogP contribution < -0.4 is 5.32 Å². The van der Waals surface area contributed by atoms with Gasteiger partial charge >= 0.3 is 0 Å². The van der Waals surface area contributed by atoms with Gasteiger partial charge in [-0.15, -0.1) is 0 Å². The Labute approximate surface area is 106 Å². The summed E-state index contributed by atoms with van der Waals surface area (Å²) in [6, 6.07) is 0.631. The molecule has 0 unspecified atom stereocenters. The minimum Gasteiger partial charge on any atom is -0.338 e. The molecule has 0 aromatic carbocycles. The molecule has 1 rings (SSSR count). The number of nitrogens with one attached hydrogen (secondary N) is 1. The zero-order valence-electron chi connectivity index (χ0n) is 11.8. The van der Waals surface area contributed by atoms with Gasteiger partial charge in [-0.05, 0) is 66.0 Å². The molecule has 1 amide bonds. The van der Waals surface area contributed by atoms with Gasteiger partial charge in [0, 0.05) is 18.5 Å². The average Bonchev–Trinajstić information content (AvgIpc) is 2.27. The molecule has 3 nitrogen and oxygen atoms in total. The summed E-state index contributed by atoms with van der Waals surface area (Å²) < 4.78 is 0. The van der Waals surface area contributed by atoms with Gasteiger partial charge < -0.3 is 10.2 Å². The SMILES string of the molecule is CC(C)N(C(=O)CCC1CCNCC1)C(C)C. The van der Waals surface area contributed by atoms with Gasteiger partial charge in [-0.1, -0.05) is 0 Å². The van der Waals surface area contributed by atoms with Gasteiger partial charge in [-0.3, -0.25) is 4.79 Å². The molecule has 1 heterocycles. The van der Waals surface area contributed by atoms with Gasteiger partial charge in [0.25, 0.3) is 0 Å². The van der Waals surface area contributed by atoms with Crippen molar-refractivity contribution in [2.45, 2.75) is 65.5 Å². The Morgan fingerprint density at radius 1 is 1.18 bits per heavy atom. The van der Waals surface area contributed by atoms with Crippen LogP contribution in [0.15, 0.2) is 0 Å². The van der Waals surface area contributed by atoms with Crippen LogP contribution >= 0.6 is 0 Å². The topological polar surface area (TPSA) is 32.3 Å². The lowest BCUT2D eigenvalue weighted by atomic mass is 9.93. The maximum Gasteiger partial charge on any atom is 0.223 e. The second-order valence-electron chi connectivity index (χ2n) is 5.72. The van der Waals surface area contributed by atoms with Gasteiger partial charge in [0.1, 0.15) is 0 Å². The molecule has 0 bridgehead atoms. The molecule has 100 valence electrons. The van der Waals surface area contributed by atoms with Crippen LogP contribution in [0.1, 0.15) is 53.4 Å². The van der Waals surface area contributed by atoms with Crippen LogP contribution in [0.5, 0.6) is 0 Å². The molecule has 1 fully saturated rings. The van der Waals surface area contributed by atoms with Crippen molar-refractivity contribution in [3.05, 3.63) is 0 Å². The van der Waals surface area contributed by atoms with Crippen molar-refractivity contribution in [3.8, 4) is 0 Å². The van der Waals surface area contributed by atoms with E-state index >= 15 is 0 Å². The summed E-state index contributed by atoms with van der Waals surface area (Å²) in [5, 5.41) is 3.37. The quantitative estimate of drug-likeness (QED) is 0.800. The second kappa shape index (κ2) is 7.00. The normalized spacial score (nSPS) is 17.8.